The van der Waals surface area contributed by atoms with Crippen LogP contribution in [0.3, 0.4) is 0 Å². The Balaban J connectivity index is 1.57. The number of hydrogen-bond acceptors (Lipinski definition) is 2. The van der Waals surface area contributed by atoms with Gasteiger partial charge in [-0.2, -0.15) is 0 Å². The van der Waals surface area contributed by atoms with E-state index in [9.17, 15) is 9.59 Å². The van der Waals surface area contributed by atoms with E-state index in [2.05, 4.69) is 17.4 Å². The van der Waals surface area contributed by atoms with Gasteiger partial charge in [0.25, 0.3) is 5.91 Å². The van der Waals surface area contributed by atoms with Crippen LogP contribution in [0.1, 0.15) is 73.4 Å². The minimum absolute atomic E-state index is 0.00557. The highest BCUT2D eigenvalue weighted by Gasteiger charge is 2.46. The van der Waals surface area contributed by atoms with E-state index in [1.807, 2.05) is 54.3 Å². The van der Waals surface area contributed by atoms with Gasteiger partial charge in [-0.25, -0.2) is 0 Å². The van der Waals surface area contributed by atoms with Gasteiger partial charge < -0.3 is 10.2 Å². The zero-order chi connectivity index (χ0) is 21.7. The van der Waals surface area contributed by atoms with E-state index in [0.717, 1.165) is 30.4 Å². The lowest BCUT2D eigenvalue weighted by Crippen LogP contribution is -2.64. The Hall–Kier alpha value is -2.62. The van der Waals surface area contributed by atoms with Gasteiger partial charge in [-0.15, -0.1) is 0 Å². The standard InChI is InChI=1S/C27H34N2O2/c1-27(26(31)28-23-15-8-3-2-4-9-16-23)20-22-14-10-11-17-24(22)25(30)29(27)19-18-21-12-6-5-7-13-21/h5-7,10-14,17,23H,2-4,8-9,15-16,18-20H2,1H3,(H,28,31)/t27-/m1/s1. The van der Waals surface area contributed by atoms with E-state index in [1.165, 1.54) is 37.7 Å². The molecule has 2 amide bonds. The fourth-order valence-electron chi connectivity index (χ4n) is 5.10. The fraction of sp³-hybridized carbons (Fsp3) is 0.481. The predicted molar refractivity (Wildman–Crippen MR) is 124 cm³/mol. The van der Waals surface area contributed by atoms with Crippen molar-refractivity contribution in [3.8, 4) is 0 Å². The molecule has 2 aliphatic rings. The summed E-state index contributed by atoms with van der Waals surface area (Å²) in [6.07, 6.45) is 9.51. The van der Waals surface area contributed by atoms with E-state index >= 15 is 0 Å². The van der Waals surface area contributed by atoms with Crippen molar-refractivity contribution in [3.05, 3.63) is 71.3 Å². The summed E-state index contributed by atoms with van der Waals surface area (Å²) in [6.45, 7) is 2.48. The summed E-state index contributed by atoms with van der Waals surface area (Å²) in [4.78, 5) is 29.0. The van der Waals surface area contributed by atoms with E-state index < -0.39 is 5.54 Å². The molecule has 2 aromatic carbocycles. The number of nitrogens with zero attached hydrogens (tertiary/aromatic N) is 1. The first kappa shape index (κ1) is 21.6. The van der Waals surface area contributed by atoms with Gasteiger partial charge in [-0.3, -0.25) is 9.59 Å². The molecule has 0 unspecified atom stereocenters. The first-order valence-electron chi connectivity index (χ1n) is 11.8. The average Bonchev–Trinajstić information content (AvgIpc) is 2.76. The summed E-state index contributed by atoms with van der Waals surface area (Å²) in [5.41, 5.74) is 2.00. The van der Waals surface area contributed by atoms with Crippen molar-refractivity contribution in [3.63, 3.8) is 0 Å². The molecule has 4 rings (SSSR count). The second kappa shape index (κ2) is 9.67. The van der Waals surface area contributed by atoms with Gasteiger partial charge in [0, 0.05) is 24.6 Å². The normalized spacial score (nSPS) is 22.4. The fourth-order valence-corrected chi connectivity index (χ4v) is 5.10. The van der Waals surface area contributed by atoms with Crippen LogP contribution in [0, 0.1) is 0 Å². The Morgan fingerprint density at radius 1 is 0.968 bits per heavy atom. The first-order valence-corrected chi connectivity index (χ1v) is 11.8. The molecule has 4 nitrogen and oxygen atoms in total. The Bertz CT molecular complexity index is 902. The van der Waals surface area contributed by atoms with Crippen molar-refractivity contribution in [2.24, 2.45) is 0 Å². The van der Waals surface area contributed by atoms with Crippen molar-refractivity contribution >= 4 is 11.8 Å². The van der Waals surface area contributed by atoms with Crippen LogP contribution in [0.25, 0.3) is 0 Å². The lowest BCUT2D eigenvalue weighted by Gasteiger charge is -2.44. The molecular weight excluding hydrogens is 384 g/mol. The van der Waals surface area contributed by atoms with Crippen molar-refractivity contribution < 1.29 is 9.59 Å². The van der Waals surface area contributed by atoms with E-state index in [1.54, 1.807) is 0 Å². The molecule has 1 fully saturated rings. The molecule has 1 aliphatic heterocycles. The van der Waals surface area contributed by atoms with Crippen LogP contribution in [-0.2, 0) is 17.6 Å². The minimum Gasteiger partial charge on any atom is -0.351 e. The summed E-state index contributed by atoms with van der Waals surface area (Å²) in [5.74, 6) is -0.0397. The molecule has 0 saturated heterocycles. The van der Waals surface area contributed by atoms with Gasteiger partial charge >= 0.3 is 0 Å². The molecule has 1 heterocycles. The SMILES string of the molecule is C[C@]1(C(=O)NC2CCCCCCC2)Cc2ccccc2C(=O)N1CCc1ccccc1. The third kappa shape index (κ3) is 4.84. The molecule has 31 heavy (non-hydrogen) atoms. The molecule has 1 N–H and O–H groups in total. The van der Waals surface area contributed by atoms with E-state index in [-0.39, 0.29) is 17.9 Å². The van der Waals surface area contributed by atoms with Crippen LogP contribution < -0.4 is 5.32 Å². The van der Waals surface area contributed by atoms with Crippen LogP contribution in [0.2, 0.25) is 0 Å². The third-order valence-electron chi connectivity index (χ3n) is 7.02. The topological polar surface area (TPSA) is 49.4 Å². The van der Waals surface area contributed by atoms with Crippen LogP contribution in [-0.4, -0.2) is 34.8 Å². The predicted octanol–water partition coefficient (Wildman–Crippen LogP) is 4.92. The Kier molecular flexibility index (Phi) is 6.74. The lowest BCUT2D eigenvalue weighted by molar-refractivity contribution is -0.132. The summed E-state index contributed by atoms with van der Waals surface area (Å²) in [5, 5.41) is 3.34. The van der Waals surface area contributed by atoms with E-state index in [0.29, 0.717) is 13.0 Å². The quantitative estimate of drug-likeness (QED) is 0.750. The Labute approximate surface area is 186 Å². The smallest absolute Gasteiger partial charge is 0.255 e. The van der Waals surface area contributed by atoms with Crippen LogP contribution in [0.4, 0.5) is 0 Å². The number of hydrogen-bond donors (Lipinski definition) is 1. The zero-order valence-corrected chi connectivity index (χ0v) is 18.6. The minimum atomic E-state index is -0.872. The largest absolute Gasteiger partial charge is 0.351 e. The number of amides is 2. The van der Waals surface area contributed by atoms with Crippen LogP contribution in [0.15, 0.2) is 54.6 Å². The Morgan fingerprint density at radius 3 is 2.35 bits per heavy atom. The maximum atomic E-state index is 13.7. The number of fused-ring (bicyclic) bond motifs is 1. The molecule has 0 aromatic heterocycles. The van der Waals surface area contributed by atoms with Gasteiger partial charge in [0.05, 0.1) is 0 Å². The van der Waals surface area contributed by atoms with E-state index in [4.69, 9.17) is 0 Å². The highest BCUT2D eigenvalue weighted by molar-refractivity contribution is 6.02. The summed E-state index contributed by atoms with van der Waals surface area (Å²) >= 11 is 0. The number of benzene rings is 2. The Morgan fingerprint density at radius 2 is 1.61 bits per heavy atom. The van der Waals surface area contributed by atoms with Gasteiger partial charge in [-0.1, -0.05) is 80.6 Å². The van der Waals surface area contributed by atoms with Crippen molar-refractivity contribution in [2.45, 2.75) is 76.3 Å². The summed E-state index contributed by atoms with van der Waals surface area (Å²) in [7, 11) is 0. The molecule has 1 atom stereocenters. The molecule has 1 aliphatic carbocycles. The molecule has 0 bridgehead atoms. The molecule has 1 saturated carbocycles. The first-order chi connectivity index (χ1) is 15.1. The number of carbonyl (C=O) groups is 2. The highest BCUT2D eigenvalue weighted by Crippen LogP contribution is 2.32. The van der Waals surface area contributed by atoms with Gasteiger partial charge in [0.1, 0.15) is 5.54 Å². The monoisotopic (exact) mass is 418 g/mol. The van der Waals surface area contributed by atoms with Crippen molar-refractivity contribution in [1.29, 1.82) is 0 Å². The number of carbonyl (C=O) groups excluding carboxylic acids is 2. The second-order valence-electron chi connectivity index (χ2n) is 9.32. The third-order valence-corrected chi connectivity index (χ3v) is 7.02. The van der Waals surface area contributed by atoms with Crippen molar-refractivity contribution in [2.75, 3.05) is 6.54 Å². The molecule has 4 heteroatoms. The molecular formula is C27H34N2O2. The second-order valence-corrected chi connectivity index (χ2v) is 9.32. The molecule has 164 valence electrons. The van der Waals surface area contributed by atoms with Crippen LogP contribution >= 0.6 is 0 Å². The molecule has 0 radical (unpaired) electrons. The molecule has 0 spiro atoms. The van der Waals surface area contributed by atoms with Gasteiger partial charge in [0.2, 0.25) is 5.91 Å². The maximum absolute atomic E-state index is 13.7. The average molecular weight is 419 g/mol. The lowest BCUT2D eigenvalue weighted by atomic mass is 9.82. The number of rotatable bonds is 5. The van der Waals surface area contributed by atoms with Gasteiger partial charge in [-0.05, 0) is 43.4 Å². The van der Waals surface area contributed by atoms with Crippen molar-refractivity contribution in [1.82, 2.24) is 10.2 Å². The summed E-state index contributed by atoms with van der Waals surface area (Å²) in [6, 6.07) is 18.1. The maximum Gasteiger partial charge on any atom is 0.255 e. The molecule has 2 aromatic rings. The van der Waals surface area contributed by atoms with Gasteiger partial charge in [0.15, 0.2) is 0 Å². The summed E-state index contributed by atoms with van der Waals surface area (Å²) < 4.78 is 0. The zero-order valence-electron chi connectivity index (χ0n) is 18.6. The van der Waals surface area contributed by atoms with Crippen LogP contribution in [0.5, 0.6) is 0 Å². The number of nitrogens with one attached hydrogen (secondary N) is 1. The highest BCUT2D eigenvalue weighted by atomic mass is 16.2.